The summed E-state index contributed by atoms with van der Waals surface area (Å²) < 4.78 is 11.1. The van der Waals surface area contributed by atoms with Crippen molar-refractivity contribution in [2.45, 2.75) is 33.1 Å². The summed E-state index contributed by atoms with van der Waals surface area (Å²) in [6.45, 7) is 8.12. The largest absolute Gasteiger partial charge is 0.494 e. The molecule has 0 aliphatic rings. The molecular weight excluding hydrogens is 286 g/mol. The van der Waals surface area contributed by atoms with Crippen molar-refractivity contribution < 1.29 is 9.47 Å². The number of hydrogen-bond acceptors (Lipinski definition) is 3. The Morgan fingerprint density at radius 3 is 2.09 bits per heavy atom. The molecule has 0 bridgehead atoms. The van der Waals surface area contributed by atoms with Crippen LogP contribution in [0.2, 0.25) is 0 Å². The highest BCUT2D eigenvalue weighted by atomic mass is 16.5. The molecule has 0 aromatic heterocycles. The Morgan fingerprint density at radius 2 is 1.52 bits per heavy atom. The van der Waals surface area contributed by atoms with Crippen LogP contribution in [0.5, 0.6) is 11.5 Å². The van der Waals surface area contributed by atoms with E-state index in [1.54, 1.807) is 0 Å². The van der Waals surface area contributed by atoms with Crippen LogP contribution in [0.1, 0.15) is 36.5 Å². The van der Waals surface area contributed by atoms with E-state index in [2.05, 4.69) is 31.2 Å². The number of rotatable bonds is 8. The third-order valence-corrected chi connectivity index (χ3v) is 3.99. The average Bonchev–Trinajstić information content (AvgIpc) is 2.55. The topological polar surface area (TPSA) is 44.5 Å². The van der Waals surface area contributed by atoms with Gasteiger partial charge in [0.2, 0.25) is 0 Å². The molecule has 1 unspecified atom stereocenters. The summed E-state index contributed by atoms with van der Waals surface area (Å²) in [5.74, 6) is 2.15. The monoisotopic (exact) mass is 313 g/mol. The lowest BCUT2D eigenvalue weighted by molar-refractivity contribution is 0.339. The summed E-state index contributed by atoms with van der Waals surface area (Å²) in [6, 6.07) is 14.6. The van der Waals surface area contributed by atoms with Crippen LogP contribution in [0.25, 0.3) is 0 Å². The maximum absolute atomic E-state index is 6.04. The average molecular weight is 313 g/mol. The lowest BCUT2D eigenvalue weighted by Crippen LogP contribution is -2.16. The van der Waals surface area contributed by atoms with Crippen molar-refractivity contribution in [3.63, 3.8) is 0 Å². The molecule has 0 aliphatic heterocycles. The molecule has 2 aromatic rings. The Balaban J connectivity index is 2.13. The van der Waals surface area contributed by atoms with Gasteiger partial charge in [0.05, 0.1) is 13.2 Å². The van der Waals surface area contributed by atoms with E-state index in [9.17, 15) is 0 Å². The van der Waals surface area contributed by atoms with Crippen LogP contribution in [0.15, 0.2) is 42.5 Å². The molecule has 2 N–H and O–H groups in total. The number of benzene rings is 2. The first-order chi connectivity index (χ1) is 11.2. The number of aryl methyl sites for hydroxylation is 1. The summed E-state index contributed by atoms with van der Waals surface area (Å²) in [6.07, 6.45) is 0.928. The number of nitrogens with two attached hydrogens (primary N) is 1. The molecule has 0 spiro atoms. The minimum atomic E-state index is 0.309. The van der Waals surface area contributed by atoms with Gasteiger partial charge in [-0.2, -0.15) is 0 Å². The van der Waals surface area contributed by atoms with Gasteiger partial charge in [-0.05, 0) is 74.7 Å². The SMILES string of the molecule is CCOc1ccc(CC(CN)c2ccc(OCC)cc2C)cc1. The van der Waals surface area contributed by atoms with Crippen molar-refractivity contribution in [2.75, 3.05) is 19.8 Å². The minimum absolute atomic E-state index is 0.309. The Morgan fingerprint density at radius 1 is 0.913 bits per heavy atom. The third kappa shape index (κ3) is 4.73. The molecule has 0 aliphatic carbocycles. The molecule has 0 fully saturated rings. The van der Waals surface area contributed by atoms with Crippen molar-refractivity contribution in [1.82, 2.24) is 0 Å². The van der Waals surface area contributed by atoms with Gasteiger partial charge < -0.3 is 15.2 Å². The highest BCUT2D eigenvalue weighted by molar-refractivity contribution is 5.38. The molecule has 0 saturated carbocycles. The molecule has 2 rings (SSSR count). The maximum Gasteiger partial charge on any atom is 0.119 e. The van der Waals surface area contributed by atoms with Gasteiger partial charge >= 0.3 is 0 Å². The van der Waals surface area contributed by atoms with Gasteiger partial charge in [-0.3, -0.25) is 0 Å². The second kappa shape index (κ2) is 8.59. The van der Waals surface area contributed by atoms with Gasteiger partial charge in [0, 0.05) is 5.92 Å². The Hall–Kier alpha value is -2.00. The first kappa shape index (κ1) is 17.4. The van der Waals surface area contributed by atoms with Gasteiger partial charge in [-0.25, -0.2) is 0 Å². The second-order valence-electron chi connectivity index (χ2n) is 5.67. The minimum Gasteiger partial charge on any atom is -0.494 e. The fourth-order valence-corrected chi connectivity index (χ4v) is 2.86. The Labute approximate surface area is 139 Å². The number of hydrogen-bond donors (Lipinski definition) is 1. The van der Waals surface area contributed by atoms with Gasteiger partial charge in [0.25, 0.3) is 0 Å². The highest BCUT2D eigenvalue weighted by Crippen LogP contribution is 2.27. The van der Waals surface area contributed by atoms with Crippen molar-refractivity contribution in [1.29, 1.82) is 0 Å². The predicted molar refractivity (Wildman–Crippen MR) is 95.5 cm³/mol. The lowest BCUT2D eigenvalue weighted by Gasteiger charge is -2.19. The van der Waals surface area contributed by atoms with Gasteiger partial charge in [0.15, 0.2) is 0 Å². The van der Waals surface area contributed by atoms with Crippen molar-refractivity contribution >= 4 is 0 Å². The zero-order valence-electron chi connectivity index (χ0n) is 14.3. The molecule has 0 saturated heterocycles. The van der Waals surface area contributed by atoms with E-state index >= 15 is 0 Å². The molecule has 0 heterocycles. The first-order valence-electron chi connectivity index (χ1n) is 8.33. The molecule has 3 heteroatoms. The Bertz CT molecular complexity index is 608. The van der Waals surface area contributed by atoms with Gasteiger partial charge in [-0.1, -0.05) is 18.2 Å². The van der Waals surface area contributed by atoms with Crippen LogP contribution in [0, 0.1) is 6.92 Å². The van der Waals surface area contributed by atoms with E-state index in [1.807, 2.05) is 32.0 Å². The molecule has 3 nitrogen and oxygen atoms in total. The molecule has 2 aromatic carbocycles. The van der Waals surface area contributed by atoms with Crippen molar-refractivity contribution in [3.05, 3.63) is 59.2 Å². The summed E-state index contributed by atoms with van der Waals surface area (Å²) in [7, 11) is 0. The predicted octanol–water partition coefficient (Wildman–Crippen LogP) is 4.08. The highest BCUT2D eigenvalue weighted by Gasteiger charge is 2.14. The summed E-state index contributed by atoms with van der Waals surface area (Å²) in [5.41, 5.74) is 9.84. The van der Waals surface area contributed by atoms with E-state index in [4.69, 9.17) is 15.2 Å². The van der Waals surface area contributed by atoms with E-state index in [0.29, 0.717) is 25.7 Å². The third-order valence-electron chi connectivity index (χ3n) is 3.99. The van der Waals surface area contributed by atoms with Crippen molar-refractivity contribution in [3.8, 4) is 11.5 Å². The van der Waals surface area contributed by atoms with Crippen LogP contribution in [-0.2, 0) is 6.42 Å². The van der Waals surface area contributed by atoms with Crippen LogP contribution >= 0.6 is 0 Å². The van der Waals surface area contributed by atoms with E-state index in [0.717, 1.165) is 17.9 Å². The van der Waals surface area contributed by atoms with Crippen LogP contribution < -0.4 is 15.2 Å². The van der Waals surface area contributed by atoms with Gasteiger partial charge in [0.1, 0.15) is 11.5 Å². The standard InChI is InChI=1S/C20H27NO2/c1-4-22-18-8-6-16(7-9-18)13-17(14-21)20-11-10-19(23-5-2)12-15(20)3/h6-12,17H,4-5,13-14,21H2,1-3H3. The smallest absolute Gasteiger partial charge is 0.119 e. The van der Waals surface area contributed by atoms with E-state index < -0.39 is 0 Å². The molecule has 124 valence electrons. The Kier molecular flexibility index (Phi) is 6.48. The zero-order valence-corrected chi connectivity index (χ0v) is 14.3. The first-order valence-corrected chi connectivity index (χ1v) is 8.33. The van der Waals surface area contributed by atoms with Gasteiger partial charge in [-0.15, -0.1) is 0 Å². The summed E-state index contributed by atoms with van der Waals surface area (Å²) >= 11 is 0. The van der Waals surface area contributed by atoms with E-state index in [-0.39, 0.29) is 0 Å². The fourth-order valence-electron chi connectivity index (χ4n) is 2.86. The maximum atomic E-state index is 6.04. The van der Waals surface area contributed by atoms with Crippen molar-refractivity contribution in [2.24, 2.45) is 5.73 Å². The fraction of sp³-hybridized carbons (Fsp3) is 0.400. The second-order valence-corrected chi connectivity index (χ2v) is 5.67. The van der Waals surface area contributed by atoms with Crippen LogP contribution in [-0.4, -0.2) is 19.8 Å². The van der Waals surface area contributed by atoms with Crippen LogP contribution in [0.4, 0.5) is 0 Å². The molecule has 0 amide bonds. The van der Waals surface area contributed by atoms with E-state index in [1.165, 1.54) is 16.7 Å². The summed E-state index contributed by atoms with van der Waals surface area (Å²) in [4.78, 5) is 0. The quantitative estimate of drug-likeness (QED) is 0.798. The molecule has 23 heavy (non-hydrogen) atoms. The zero-order chi connectivity index (χ0) is 16.7. The van der Waals surface area contributed by atoms with Crippen LogP contribution in [0.3, 0.4) is 0 Å². The lowest BCUT2D eigenvalue weighted by atomic mass is 9.89. The molecular formula is C20H27NO2. The summed E-state index contributed by atoms with van der Waals surface area (Å²) in [5, 5.41) is 0. The molecule has 1 atom stereocenters. The molecule has 0 radical (unpaired) electrons. The number of ether oxygens (including phenoxy) is 2. The normalized spacial score (nSPS) is 12.0.